The number of nitrogens with two attached hydrogens (primary N) is 1. The Hall–Kier alpha value is -1.19. The van der Waals surface area contributed by atoms with Gasteiger partial charge in [-0.3, -0.25) is 0 Å². The Morgan fingerprint density at radius 2 is 1.94 bits per heavy atom. The van der Waals surface area contributed by atoms with E-state index in [-0.39, 0.29) is 0 Å². The molecule has 2 nitrogen and oxygen atoms in total. The molecule has 0 saturated carbocycles. The third-order valence-corrected chi connectivity index (χ3v) is 3.98. The molecule has 0 amide bonds. The second-order valence-electron chi connectivity index (χ2n) is 4.08. The van der Waals surface area contributed by atoms with Gasteiger partial charge in [-0.1, -0.05) is 11.6 Å². The summed E-state index contributed by atoms with van der Waals surface area (Å²) >= 11 is 7.47. The van der Waals surface area contributed by atoms with Crippen molar-refractivity contribution in [2.75, 3.05) is 11.1 Å². The van der Waals surface area contributed by atoms with E-state index in [1.54, 1.807) is 11.3 Å². The van der Waals surface area contributed by atoms with Crippen molar-refractivity contribution in [3.63, 3.8) is 0 Å². The summed E-state index contributed by atoms with van der Waals surface area (Å²) in [6.07, 6.45) is 0. The summed E-state index contributed by atoms with van der Waals surface area (Å²) in [6.45, 7) is 4.90. The Bertz CT molecular complexity index is 534. The minimum Gasteiger partial charge on any atom is -0.397 e. The topological polar surface area (TPSA) is 38.0 Å². The lowest BCUT2D eigenvalue weighted by Gasteiger charge is -2.11. The van der Waals surface area contributed by atoms with Gasteiger partial charge in [-0.25, -0.2) is 0 Å². The molecule has 2 aromatic rings. The van der Waals surface area contributed by atoms with Gasteiger partial charge < -0.3 is 11.1 Å². The lowest BCUT2D eigenvalue weighted by molar-refractivity contribution is 1.19. The van der Waals surface area contributed by atoms with Crippen LogP contribution in [0.15, 0.2) is 24.3 Å². The van der Waals surface area contributed by atoms with Crippen molar-refractivity contribution in [2.45, 2.75) is 20.4 Å². The van der Waals surface area contributed by atoms with Crippen molar-refractivity contribution >= 4 is 34.3 Å². The van der Waals surface area contributed by atoms with Gasteiger partial charge in [0.1, 0.15) is 0 Å². The summed E-state index contributed by atoms with van der Waals surface area (Å²) in [7, 11) is 0. The van der Waals surface area contributed by atoms with Crippen molar-refractivity contribution in [3.05, 3.63) is 44.6 Å². The molecule has 0 spiro atoms. The average Bonchev–Trinajstić information content (AvgIpc) is 2.68. The van der Waals surface area contributed by atoms with Crippen LogP contribution >= 0.6 is 22.9 Å². The first-order valence-electron chi connectivity index (χ1n) is 5.41. The van der Waals surface area contributed by atoms with E-state index in [1.807, 2.05) is 18.2 Å². The maximum absolute atomic E-state index is 5.97. The van der Waals surface area contributed by atoms with Crippen LogP contribution < -0.4 is 11.1 Å². The summed E-state index contributed by atoms with van der Waals surface area (Å²) in [5, 5.41) is 3.34. The third-order valence-electron chi connectivity index (χ3n) is 2.75. The molecule has 2 rings (SSSR count). The first-order chi connectivity index (χ1) is 8.06. The minimum absolute atomic E-state index is 0.754. The number of nitrogen functional groups attached to an aromatic ring is 1. The lowest BCUT2D eigenvalue weighted by Crippen LogP contribution is -2.02. The largest absolute Gasteiger partial charge is 0.397 e. The molecule has 0 unspecified atom stereocenters. The number of hydrogen-bond donors (Lipinski definition) is 2. The number of anilines is 2. The zero-order valence-corrected chi connectivity index (χ0v) is 11.5. The van der Waals surface area contributed by atoms with E-state index in [4.69, 9.17) is 17.3 Å². The van der Waals surface area contributed by atoms with E-state index < -0.39 is 0 Å². The third kappa shape index (κ3) is 2.93. The number of nitrogens with one attached hydrogen (secondary N) is 1. The summed E-state index contributed by atoms with van der Waals surface area (Å²) in [6, 6.07) is 8.02. The van der Waals surface area contributed by atoms with E-state index in [9.17, 15) is 0 Å². The molecule has 0 fully saturated rings. The second-order valence-corrected chi connectivity index (χ2v) is 5.88. The fourth-order valence-corrected chi connectivity index (χ4v) is 2.65. The molecule has 17 heavy (non-hydrogen) atoms. The Morgan fingerprint density at radius 3 is 2.59 bits per heavy atom. The fraction of sp³-hybridized carbons (Fsp3) is 0.231. The predicted molar refractivity (Wildman–Crippen MR) is 77.0 cm³/mol. The van der Waals surface area contributed by atoms with Crippen LogP contribution in [-0.2, 0) is 6.54 Å². The van der Waals surface area contributed by atoms with Gasteiger partial charge in [0, 0.05) is 11.4 Å². The van der Waals surface area contributed by atoms with Crippen molar-refractivity contribution in [2.24, 2.45) is 0 Å². The number of hydrogen-bond acceptors (Lipinski definition) is 3. The van der Waals surface area contributed by atoms with Gasteiger partial charge >= 0.3 is 0 Å². The molecule has 0 saturated heterocycles. The number of rotatable bonds is 3. The van der Waals surface area contributed by atoms with Gasteiger partial charge in [0.15, 0.2) is 0 Å². The average molecular weight is 267 g/mol. The molecule has 1 aromatic heterocycles. The quantitative estimate of drug-likeness (QED) is 0.817. The molecule has 0 radical (unpaired) electrons. The van der Waals surface area contributed by atoms with Gasteiger partial charge in [-0.05, 0) is 49.2 Å². The number of thiophene rings is 1. The Labute approximate surface area is 110 Å². The Morgan fingerprint density at radius 1 is 1.24 bits per heavy atom. The summed E-state index contributed by atoms with van der Waals surface area (Å²) in [5.74, 6) is 0. The number of benzene rings is 1. The highest BCUT2D eigenvalue weighted by atomic mass is 35.5. The molecule has 0 aliphatic carbocycles. The first kappa shape index (κ1) is 12.3. The Balaban J connectivity index is 2.11. The van der Waals surface area contributed by atoms with Crippen molar-refractivity contribution in [3.8, 4) is 0 Å². The monoisotopic (exact) mass is 266 g/mol. The Kier molecular flexibility index (Phi) is 3.60. The smallest absolute Gasteiger partial charge is 0.0931 e. The molecule has 1 heterocycles. The molecule has 1 aromatic carbocycles. The van der Waals surface area contributed by atoms with E-state index in [2.05, 4.69) is 25.2 Å². The van der Waals surface area contributed by atoms with Gasteiger partial charge in [0.2, 0.25) is 0 Å². The summed E-state index contributed by atoms with van der Waals surface area (Å²) < 4.78 is 0.815. The van der Waals surface area contributed by atoms with E-state index >= 15 is 0 Å². The van der Waals surface area contributed by atoms with Crippen LogP contribution in [0.1, 0.15) is 16.0 Å². The maximum atomic E-state index is 5.97. The van der Waals surface area contributed by atoms with Crippen LogP contribution in [0.2, 0.25) is 4.34 Å². The molecule has 0 aliphatic rings. The van der Waals surface area contributed by atoms with Crippen LogP contribution in [0.25, 0.3) is 0 Å². The zero-order valence-electron chi connectivity index (χ0n) is 9.88. The number of halogens is 1. The summed E-state index contributed by atoms with van der Waals surface area (Å²) in [5.41, 5.74) is 10.2. The standard InChI is InChI=1S/C13H15ClN2S/c1-8-5-11(15)12(6-9(8)2)16-7-10-3-4-13(14)17-10/h3-6,16H,7,15H2,1-2H3. The minimum atomic E-state index is 0.754. The zero-order chi connectivity index (χ0) is 12.4. The fourth-order valence-electron chi connectivity index (χ4n) is 1.62. The lowest BCUT2D eigenvalue weighted by atomic mass is 10.1. The van der Waals surface area contributed by atoms with Crippen molar-refractivity contribution in [1.29, 1.82) is 0 Å². The SMILES string of the molecule is Cc1cc(N)c(NCc2ccc(Cl)s2)cc1C. The van der Waals surface area contributed by atoms with Crippen LogP contribution in [0.5, 0.6) is 0 Å². The summed E-state index contributed by atoms with van der Waals surface area (Å²) in [4.78, 5) is 1.20. The van der Waals surface area contributed by atoms with Gasteiger partial charge in [-0.15, -0.1) is 11.3 Å². The van der Waals surface area contributed by atoms with Crippen LogP contribution in [-0.4, -0.2) is 0 Å². The van der Waals surface area contributed by atoms with Gasteiger partial charge in [-0.2, -0.15) is 0 Å². The molecule has 3 N–H and O–H groups in total. The van der Waals surface area contributed by atoms with Crippen LogP contribution in [0.3, 0.4) is 0 Å². The molecule has 0 atom stereocenters. The first-order valence-corrected chi connectivity index (χ1v) is 6.60. The van der Waals surface area contributed by atoms with E-state index in [0.29, 0.717) is 0 Å². The molecule has 0 aliphatic heterocycles. The number of aryl methyl sites for hydroxylation is 2. The van der Waals surface area contributed by atoms with Crippen LogP contribution in [0.4, 0.5) is 11.4 Å². The normalized spacial score (nSPS) is 10.5. The van der Waals surface area contributed by atoms with Crippen LogP contribution in [0, 0.1) is 13.8 Å². The van der Waals surface area contributed by atoms with E-state index in [1.165, 1.54) is 16.0 Å². The second kappa shape index (κ2) is 4.98. The molecule has 0 bridgehead atoms. The molecule has 90 valence electrons. The molecule has 4 heteroatoms. The molecular formula is C13H15ClN2S. The molecular weight excluding hydrogens is 252 g/mol. The van der Waals surface area contributed by atoms with Crippen molar-refractivity contribution < 1.29 is 0 Å². The van der Waals surface area contributed by atoms with E-state index in [0.717, 1.165) is 22.3 Å². The predicted octanol–water partition coefficient (Wildman–Crippen LogP) is 4.21. The van der Waals surface area contributed by atoms with Gasteiger partial charge in [0.05, 0.1) is 15.7 Å². The highest BCUT2D eigenvalue weighted by Crippen LogP contribution is 2.26. The maximum Gasteiger partial charge on any atom is 0.0931 e. The van der Waals surface area contributed by atoms with Gasteiger partial charge in [0.25, 0.3) is 0 Å². The highest BCUT2D eigenvalue weighted by Gasteiger charge is 2.03. The highest BCUT2D eigenvalue weighted by molar-refractivity contribution is 7.16. The van der Waals surface area contributed by atoms with Crippen molar-refractivity contribution in [1.82, 2.24) is 0 Å².